The van der Waals surface area contributed by atoms with Crippen molar-refractivity contribution in [2.24, 2.45) is 15.5 Å². The predicted octanol–water partition coefficient (Wildman–Crippen LogP) is 1.70. The van der Waals surface area contributed by atoms with Crippen molar-refractivity contribution in [1.29, 1.82) is 0 Å². The van der Waals surface area contributed by atoms with E-state index in [0.717, 1.165) is 6.42 Å². The number of hydrogen-bond donors (Lipinski definition) is 1. The lowest BCUT2D eigenvalue weighted by Crippen LogP contribution is -2.43. The van der Waals surface area contributed by atoms with Crippen molar-refractivity contribution in [2.45, 2.75) is 33.2 Å². The maximum atomic E-state index is 12.1. The van der Waals surface area contributed by atoms with Crippen LogP contribution >= 0.6 is 11.6 Å². The number of rotatable bonds is 3. The van der Waals surface area contributed by atoms with Gasteiger partial charge >= 0.3 is 0 Å². The molecule has 0 aromatic rings. The van der Waals surface area contributed by atoms with E-state index in [1.807, 2.05) is 20.8 Å². The lowest BCUT2D eigenvalue weighted by molar-refractivity contribution is -0.118. The summed E-state index contributed by atoms with van der Waals surface area (Å²) in [5, 5.41) is 9.18. The van der Waals surface area contributed by atoms with Crippen LogP contribution in [0.1, 0.15) is 27.2 Å². The number of amides is 1. The van der Waals surface area contributed by atoms with Crippen LogP contribution < -0.4 is 5.32 Å². The van der Waals surface area contributed by atoms with Crippen LogP contribution in [-0.4, -0.2) is 35.0 Å². The molecule has 18 heavy (non-hydrogen) atoms. The van der Waals surface area contributed by atoms with Gasteiger partial charge in [-0.15, -0.1) is 0 Å². The van der Waals surface area contributed by atoms with Gasteiger partial charge in [-0.2, -0.15) is 5.10 Å². The topological polar surface area (TPSA) is 57.1 Å². The van der Waals surface area contributed by atoms with Crippen LogP contribution in [0.3, 0.4) is 0 Å². The van der Waals surface area contributed by atoms with E-state index in [1.54, 1.807) is 11.2 Å². The second-order valence-electron chi connectivity index (χ2n) is 4.99. The molecule has 5 nitrogen and oxygen atoms in total. The fourth-order valence-electron chi connectivity index (χ4n) is 2.25. The summed E-state index contributed by atoms with van der Waals surface area (Å²) in [6, 6.07) is -0.188. The Morgan fingerprint density at radius 2 is 2.33 bits per heavy atom. The van der Waals surface area contributed by atoms with Gasteiger partial charge in [0.05, 0.1) is 0 Å². The molecule has 0 saturated carbocycles. The first kappa shape index (κ1) is 13.1. The summed E-state index contributed by atoms with van der Waals surface area (Å²) in [6.45, 7) is 6.65. The zero-order valence-electron chi connectivity index (χ0n) is 10.8. The summed E-state index contributed by atoms with van der Waals surface area (Å²) < 4.78 is 0. The van der Waals surface area contributed by atoms with E-state index in [1.165, 1.54) is 6.34 Å². The van der Waals surface area contributed by atoms with Crippen LogP contribution in [0.5, 0.6) is 0 Å². The summed E-state index contributed by atoms with van der Waals surface area (Å²) in [4.78, 5) is 16.1. The standard InChI is InChI=1S/C12H17ClN4O/c1-4-5-14-11(18)8-6-17-9(12(8,2)3)10(13)15-7-16-17/h6-7,9H,4-5H2,1-3H3,(H,14,18). The molecular formula is C12H17ClN4O. The highest BCUT2D eigenvalue weighted by Crippen LogP contribution is 2.42. The van der Waals surface area contributed by atoms with Gasteiger partial charge < -0.3 is 5.32 Å². The summed E-state index contributed by atoms with van der Waals surface area (Å²) in [5.41, 5.74) is 0.282. The molecule has 0 aromatic carbocycles. The maximum absolute atomic E-state index is 12.1. The van der Waals surface area contributed by atoms with Gasteiger partial charge in [-0.1, -0.05) is 32.4 Å². The molecule has 0 saturated heterocycles. The summed E-state index contributed by atoms with van der Waals surface area (Å²) >= 11 is 6.13. The number of carbonyl (C=O) groups excluding carboxylic acids is 1. The molecular weight excluding hydrogens is 252 g/mol. The summed E-state index contributed by atoms with van der Waals surface area (Å²) in [6.07, 6.45) is 4.06. The molecule has 0 spiro atoms. The third-order valence-corrected chi connectivity index (χ3v) is 3.58. The second-order valence-corrected chi connectivity index (χ2v) is 5.37. The van der Waals surface area contributed by atoms with E-state index < -0.39 is 5.41 Å². The average molecular weight is 269 g/mol. The first-order chi connectivity index (χ1) is 8.48. The quantitative estimate of drug-likeness (QED) is 0.847. The van der Waals surface area contributed by atoms with Crippen LogP contribution in [0.2, 0.25) is 0 Å². The molecule has 1 atom stereocenters. The third-order valence-electron chi connectivity index (χ3n) is 3.28. The Morgan fingerprint density at radius 1 is 1.61 bits per heavy atom. The largest absolute Gasteiger partial charge is 0.352 e. The highest BCUT2D eigenvalue weighted by molar-refractivity contribution is 6.67. The Kier molecular flexibility index (Phi) is 3.43. The Labute approximate surface area is 112 Å². The number of hydrazone groups is 1. The van der Waals surface area contributed by atoms with E-state index in [0.29, 0.717) is 17.3 Å². The van der Waals surface area contributed by atoms with E-state index in [9.17, 15) is 4.79 Å². The SMILES string of the molecule is CCCNC(=O)C1=CN2N=CN=C(Cl)C2C1(C)C. The third kappa shape index (κ3) is 2.03. The molecule has 6 heteroatoms. The number of nitrogens with zero attached hydrogens (tertiary/aromatic N) is 3. The van der Waals surface area contributed by atoms with Gasteiger partial charge in [0, 0.05) is 23.7 Å². The normalized spacial score (nSPS) is 24.4. The molecule has 1 unspecified atom stereocenters. The van der Waals surface area contributed by atoms with Gasteiger partial charge in [0.15, 0.2) is 0 Å². The molecule has 0 aliphatic carbocycles. The minimum atomic E-state index is -0.407. The molecule has 2 aliphatic rings. The number of fused-ring (bicyclic) bond motifs is 1. The van der Waals surface area contributed by atoms with Crippen LogP contribution in [0.4, 0.5) is 0 Å². The van der Waals surface area contributed by atoms with Crippen molar-refractivity contribution < 1.29 is 4.79 Å². The van der Waals surface area contributed by atoms with Gasteiger partial charge in [-0.05, 0) is 6.42 Å². The minimum Gasteiger partial charge on any atom is -0.352 e. The van der Waals surface area contributed by atoms with E-state index in [-0.39, 0.29) is 11.9 Å². The van der Waals surface area contributed by atoms with E-state index in [2.05, 4.69) is 15.4 Å². The van der Waals surface area contributed by atoms with Crippen LogP contribution in [-0.2, 0) is 4.79 Å². The Bertz CT molecular complexity index is 453. The van der Waals surface area contributed by atoms with Crippen molar-refractivity contribution in [3.8, 4) is 0 Å². The maximum Gasteiger partial charge on any atom is 0.249 e. The molecule has 0 radical (unpaired) electrons. The number of carbonyl (C=O) groups is 1. The number of nitrogens with one attached hydrogen (secondary N) is 1. The van der Waals surface area contributed by atoms with Crippen molar-refractivity contribution >= 4 is 29.0 Å². The van der Waals surface area contributed by atoms with Crippen molar-refractivity contribution in [2.75, 3.05) is 6.54 Å². The monoisotopic (exact) mass is 268 g/mol. The van der Waals surface area contributed by atoms with Crippen LogP contribution in [0.15, 0.2) is 21.9 Å². The van der Waals surface area contributed by atoms with E-state index in [4.69, 9.17) is 11.6 Å². The molecule has 2 heterocycles. The Hall–Kier alpha value is -1.36. The molecule has 0 fully saturated rings. The highest BCUT2D eigenvalue weighted by atomic mass is 35.5. The van der Waals surface area contributed by atoms with Gasteiger partial charge in [-0.3, -0.25) is 9.80 Å². The van der Waals surface area contributed by atoms with Gasteiger partial charge in [0.2, 0.25) is 5.91 Å². The van der Waals surface area contributed by atoms with E-state index >= 15 is 0 Å². The Morgan fingerprint density at radius 3 is 2.94 bits per heavy atom. The Balaban J connectivity index is 2.25. The number of halogens is 1. The first-order valence-corrected chi connectivity index (χ1v) is 6.40. The molecule has 0 bridgehead atoms. The second kappa shape index (κ2) is 4.72. The highest BCUT2D eigenvalue weighted by Gasteiger charge is 2.48. The van der Waals surface area contributed by atoms with Crippen LogP contribution in [0.25, 0.3) is 0 Å². The predicted molar refractivity (Wildman–Crippen MR) is 72.6 cm³/mol. The van der Waals surface area contributed by atoms with Gasteiger partial charge in [0.1, 0.15) is 17.6 Å². The van der Waals surface area contributed by atoms with Gasteiger partial charge in [-0.25, -0.2) is 4.99 Å². The fraction of sp³-hybridized carbons (Fsp3) is 0.583. The van der Waals surface area contributed by atoms with Gasteiger partial charge in [0.25, 0.3) is 0 Å². The molecule has 1 amide bonds. The zero-order valence-corrected chi connectivity index (χ0v) is 11.5. The van der Waals surface area contributed by atoms with Crippen molar-refractivity contribution in [3.05, 3.63) is 11.8 Å². The molecule has 1 N–H and O–H groups in total. The summed E-state index contributed by atoms with van der Waals surface area (Å²) in [5.74, 6) is -0.0593. The molecule has 98 valence electrons. The molecule has 2 rings (SSSR count). The molecule has 0 aromatic heterocycles. The van der Waals surface area contributed by atoms with Crippen LogP contribution in [0, 0.1) is 5.41 Å². The average Bonchev–Trinajstić information content (AvgIpc) is 2.59. The first-order valence-electron chi connectivity index (χ1n) is 6.03. The fourth-order valence-corrected chi connectivity index (χ4v) is 2.67. The van der Waals surface area contributed by atoms with Crippen molar-refractivity contribution in [3.63, 3.8) is 0 Å². The number of aliphatic imine (C=N–C) groups is 1. The molecule has 2 aliphatic heterocycles. The summed E-state index contributed by atoms with van der Waals surface area (Å²) in [7, 11) is 0. The number of hydrogen-bond acceptors (Lipinski definition) is 4. The minimum absolute atomic E-state index is 0.0593. The zero-order chi connectivity index (χ0) is 13.3. The lowest BCUT2D eigenvalue weighted by Gasteiger charge is -2.32. The lowest BCUT2D eigenvalue weighted by atomic mass is 9.80. The van der Waals surface area contributed by atoms with Crippen molar-refractivity contribution in [1.82, 2.24) is 10.3 Å². The smallest absolute Gasteiger partial charge is 0.249 e.